The first-order chi connectivity index (χ1) is 28.2. The summed E-state index contributed by atoms with van der Waals surface area (Å²) in [6.07, 6.45) is 56.4. The predicted octanol–water partition coefficient (Wildman–Crippen LogP) is 14.0. The van der Waals surface area contributed by atoms with E-state index in [1.54, 1.807) is 121 Å². The van der Waals surface area contributed by atoms with Gasteiger partial charge in [-0.1, -0.05) is 5.92 Å². The summed E-state index contributed by atoms with van der Waals surface area (Å²) < 4.78 is 0. The molecule has 0 N–H and O–H groups in total. The maximum atomic E-state index is 10.2. The van der Waals surface area contributed by atoms with Crippen LogP contribution in [0.25, 0.3) is 0 Å². The van der Waals surface area contributed by atoms with Gasteiger partial charge in [-0.2, -0.15) is 0 Å². The first-order valence-corrected chi connectivity index (χ1v) is 26.9. The van der Waals surface area contributed by atoms with Crippen molar-refractivity contribution >= 4 is 0 Å². The maximum Gasteiger partial charge on any atom is 0.0337 e. The second kappa shape index (κ2) is 11.1. The summed E-state index contributed by atoms with van der Waals surface area (Å²) in [5, 5.41) is 0. The van der Waals surface area contributed by atoms with Crippen molar-refractivity contribution in [3.63, 3.8) is 0 Å². The fourth-order valence-electron chi connectivity index (χ4n) is 25.6. The summed E-state index contributed by atoms with van der Waals surface area (Å²) in [5.74, 6) is 18.5. The standard InChI is InChI=1S/C58H75/c1-2-48-49(54-18-33-3-34(19-54)5-35(4-33)20-54)51(56-24-39-9-40(25-56)11-41(10-39)26-56)53(58-30-45-15-46(31-58)17-47(16-45)32-58)52(57-27-42-12-43(28-57)14-44(13-42)29-57)50(48)55-21-36-6-37(22-55)8-38(7-36)23-55/h33-47H,3-32H2. The van der Waals surface area contributed by atoms with Crippen LogP contribution < -0.4 is 0 Å². The molecule has 20 saturated carbocycles. The molecule has 1 radical (unpaired) electrons. The molecule has 1 aromatic carbocycles. The van der Waals surface area contributed by atoms with Crippen LogP contribution in [0.4, 0.5) is 0 Å². The topological polar surface area (TPSA) is 0 Å². The molecule has 0 aliphatic heterocycles. The van der Waals surface area contributed by atoms with Crippen LogP contribution in [0.15, 0.2) is 0 Å². The molecule has 20 aliphatic carbocycles. The minimum Gasteiger partial charge on any atom is -0.0522 e. The Kier molecular flexibility index (Phi) is 6.56. The minimum absolute atomic E-state index is 0.338. The van der Waals surface area contributed by atoms with Crippen molar-refractivity contribution in [2.75, 3.05) is 0 Å². The van der Waals surface area contributed by atoms with Gasteiger partial charge in [0, 0.05) is 5.56 Å². The Morgan fingerprint density at radius 3 is 0.534 bits per heavy atom. The maximum absolute atomic E-state index is 10.2. The van der Waals surface area contributed by atoms with E-state index in [9.17, 15) is 6.42 Å². The lowest BCUT2D eigenvalue weighted by Gasteiger charge is -2.67. The molecule has 58 heavy (non-hydrogen) atoms. The van der Waals surface area contributed by atoms with Crippen molar-refractivity contribution in [2.45, 2.75) is 220 Å². The molecule has 1 aromatic rings. The Balaban J connectivity index is 1.08. The van der Waals surface area contributed by atoms with E-state index < -0.39 is 0 Å². The van der Waals surface area contributed by atoms with Crippen LogP contribution >= 0.6 is 0 Å². The molecule has 0 heteroatoms. The molecule has 20 bridgehead atoms. The molecule has 0 unspecified atom stereocenters. The van der Waals surface area contributed by atoms with Crippen LogP contribution in [-0.2, 0) is 27.1 Å². The normalized spacial score (nSPS) is 58.8. The van der Waals surface area contributed by atoms with Crippen molar-refractivity contribution in [2.24, 2.45) is 88.8 Å². The molecular formula is C58H75. The van der Waals surface area contributed by atoms with Gasteiger partial charge in [-0.05, 0) is 343 Å². The van der Waals surface area contributed by atoms with Gasteiger partial charge in [0.2, 0.25) is 0 Å². The summed E-state index contributed by atoms with van der Waals surface area (Å²) in [4.78, 5) is 0. The lowest BCUT2D eigenvalue weighted by atomic mass is 9.37. The second-order valence-corrected chi connectivity index (χ2v) is 28.4. The van der Waals surface area contributed by atoms with Crippen LogP contribution in [0.3, 0.4) is 0 Å². The van der Waals surface area contributed by atoms with Crippen LogP contribution in [0.2, 0.25) is 0 Å². The van der Waals surface area contributed by atoms with Crippen molar-refractivity contribution in [3.8, 4) is 5.92 Å². The lowest BCUT2D eigenvalue weighted by molar-refractivity contribution is -0.0326. The lowest BCUT2D eigenvalue weighted by Crippen LogP contribution is -2.58. The van der Waals surface area contributed by atoms with Gasteiger partial charge in [0.15, 0.2) is 0 Å². The van der Waals surface area contributed by atoms with Gasteiger partial charge in [0.05, 0.1) is 0 Å². The zero-order valence-corrected chi connectivity index (χ0v) is 36.4. The van der Waals surface area contributed by atoms with Gasteiger partial charge in [0.25, 0.3) is 0 Å². The number of benzene rings is 1. The summed E-state index contributed by atoms with van der Waals surface area (Å²) in [5.41, 5.74) is 13.9. The zero-order chi connectivity index (χ0) is 37.5. The van der Waals surface area contributed by atoms with Crippen LogP contribution in [0, 0.1) is 101 Å². The van der Waals surface area contributed by atoms with Crippen molar-refractivity contribution in [3.05, 3.63) is 39.8 Å². The minimum atomic E-state index is 0.338. The third kappa shape index (κ3) is 4.40. The van der Waals surface area contributed by atoms with E-state index in [2.05, 4.69) is 22.6 Å². The van der Waals surface area contributed by atoms with E-state index in [4.69, 9.17) is 0 Å². The van der Waals surface area contributed by atoms with E-state index in [-0.39, 0.29) is 0 Å². The molecule has 0 saturated heterocycles. The van der Waals surface area contributed by atoms with Crippen LogP contribution in [0.1, 0.15) is 226 Å². The third-order valence-electron chi connectivity index (χ3n) is 24.5. The SMILES string of the molecule is [C]#Cc1c(C23CC4CC(CC(C4)C2)C3)c(C23CC4CC(CC(C4)C2)C3)c(C23CC4CC(CC(C4)C2)C3)c(C23CC4CC(CC(C4)C2)C3)c1C12CC3CC(CC(C3)C1)C2. The smallest absolute Gasteiger partial charge is 0.0337 e. The molecule has 307 valence electrons. The molecule has 0 atom stereocenters. The summed E-state index contributed by atoms with van der Waals surface area (Å²) in [6, 6.07) is 0. The Morgan fingerprint density at radius 1 is 0.241 bits per heavy atom. The number of hydrogen-bond donors (Lipinski definition) is 0. The summed E-state index contributed by atoms with van der Waals surface area (Å²) in [6.45, 7) is 0. The monoisotopic (exact) mass is 772 g/mol. The van der Waals surface area contributed by atoms with E-state index >= 15 is 0 Å². The molecule has 20 fully saturated rings. The van der Waals surface area contributed by atoms with E-state index in [0.717, 1.165) is 88.8 Å². The second-order valence-electron chi connectivity index (χ2n) is 28.4. The average Bonchev–Trinajstić information content (AvgIpc) is 3.14. The highest BCUT2D eigenvalue weighted by Crippen LogP contribution is 2.75. The highest BCUT2D eigenvalue weighted by molar-refractivity contribution is 5.69. The first kappa shape index (κ1) is 34.3. The van der Waals surface area contributed by atoms with Crippen molar-refractivity contribution in [1.82, 2.24) is 0 Å². The van der Waals surface area contributed by atoms with Gasteiger partial charge < -0.3 is 0 Å². The van der Waals surface area contributed by atoms with Gasteiger partial charge in [-0.25, -0.2) is 0 Å². The number of hydrogen-bond acceptors (Lipinski definition) is 0. The summed E-state index contributed by atoms with van der Waals surface area (Å²) >= 11 is 0. The molecule has 0 nitrogen and oxygen atoms in total. The molecule has 21 rings (SSSR count). The fourth-order valence-corrected chi connectivity index (χ4v) is 25.6. The van der Waals surface area contributed by atoms with E-state index in [1.807, 2.05) is 11.1 Å². The first-order valence-electron chi connectivity index (χ1n) is 26.9. The average molecular weight is 772 g/mol. The molecule has 0 heterocycles. The van der Waals surface area contributed by atoms with Gasteiger partial charge in [-0.15, -0.1) is 0 Å². The predicted molar refractivity (Wildman–Crippen MR) is 232 cm³/mol. The Bertz CT molecular complexity index is 1740. The van der Waals surface area contributed by atoms with Crippen molar-refractivity contribution < 1.29 is 0 Å². The Labute approximate surface area is 352 Å². The molecule has 20 aliphatic rings. The Hall–Kier alpha value is -1.22. The molecule has 0 aromatic heterocycles. The van der Waals surface area contributed by atoms with Gasteiger partial charge >= 0.3 is 0 Å². The molecular weight excluding hydrogens is 697 g/mol. The fraction of sp³-hybridized carbons (Fsp3) is 0.862. The zero-order valence-electron chi connectivity index (χ0n) is 36.4. The molecule has 0 spiro atoms. The van der Waals surface area contributed by atoms with E-state index in [1.165, 1.54) is 77.0 Å². The highest BCUT2D eigenvalue weighted by atomic mass is 14.7. The van der Waals surface area contributed by atoms with Gasteiger partial charge in [-0.3, -0.25) is 0 Å². The van der Waals surface area contributed by atoms with Crippen molar-refractivity contribution in [1.29, 1.82) is 0 Å². The largest absolute Gasteiger partial charge is 0.0522 e. The van der Waals surface area contributed by atoms with E-state index in [0.29, 0.717) is 27.1 Å². The Morgan fingerprint density at radius 2 is 0.379 bits per heavy atom. The third-order valence-corrected chi connectivity index (χ3v) is 24.5. The van der Waals surface area contributed by atoms with Crippen LogP contribution in [0.5, 0.6) is 0 Å². The highest BCUT2D eigenvalue weighted by Gasteiger charge is 2.66. The molecule has 0 amide bonds. The van der Waals surface area contributed by atoms with Gasteiger partial charge in [0.1, 0.15) is 0 Å². The number of rotatable bonds is 5. The summed E-state index contributed by atoms with van der Waals surface area (Å²) in [7, 11) is 0. The van der Waals surface area contributed by atoms with Crippen LogP contribution in [-0.4, -0.2) is 0 Å². The quantitative estimate of drug-likeness (QED) is 0.262.